The van der Waals surface area contributed by atoms with E-state index in [1.54, 1.807) is 0 Å². The molecular weight excluding hydrogens is 585 g/mol. The van der Waals surface area contributed by atoms with E-state index in [9.17, 15) is 10.5 Å². The second-order valence-electron chi connectivity index (χ2n) is 12.0. The average Bonchev–Trinajstić information content (AvgIpc) is 3.67. The third kappa shape index (κ3) is 4.07. The molecule has 0 saturated carbocycles. The van der Waals surface area contributed by atoms with Gasteiger partial charge in [0.15, 0.2) is 0 Å². The molecule has 0 amide bonds. The van der Waals surface area contributed by atoms with Crippen molar-refractivity contribution >= 4 is 43.6 Å². The van der Waals surface area contributed by atoms with E-state index >= 15 is 0 Å². The van der Waals surface area contributed by atoms with Crippen molar-refractivity contribution in [3.8, 4) is 45.8 Å². The highest BCUT2D eigenvalue weighted by atomic mass is 15.0. The molecule has 4 heteroatoms. The van der Waals surface area contributed by atoms with Gasteiger partial charge in [-0.05, 0) is 59.2 Å². The highest BCUT2D eigenvalue weighted by Crippen LogP contribution is 2.39. The topological polar surface area (TPSA) is 57.4 Å². The number of benzene rings is 7. The van der Waals surface area contributed by atoms with Crippen molar-refractivity contribution in [3.05, 3.63) is 169 Å². The lowest BCUT2D eigenvalue weighted by molar-refractivity contribution is 1.17. The van der Waals surface area contributed by atoms with Crippen LogP contribution < -0.4 is 0 Å². The summed E-state index contributed by atoms with van der Waals surface area (Å²) in [5, 5.41) is 25.3. The Kier molecular flexibility index (Phi) is 6.22. The van der Waals surface area contributed by atoms with Crippen LogP contribution in [-0.2, 0) is 0 Å². The molecular formula is C44H26N4. The van der Waals surface area contributed by atoms with Gasteiger partial charge in [0.2, 0.25) is 0 Å². The van der Waals surface area contributed by atoms with E-state index < -0.39 is 0 Å². The van der Waals surface area contributed by atoms with Crippen molar-refractivity contribution in [2.24, 2.45) is 0 Å². The summed E-state index contributed by atoms with van der Waals surface area (Å²) in [6, 6.07) is 58.8. The fraction of sp³-hybridized carbons (Fsp3) is 0. The summed E-state index contributed by atoms with van der Waals surface area (Å²) in [6.45, 7) is 0. The maximum atomic E-state index is 10.4. The Labute approximate surface area is 277 Å². The van der Waals surface area contributed by atoms with E-state index in [0.717, 1.165) is 77.2 Å². The maximum absolute atomic E-state index is 10.4. The molecule has 9 rings (SSSR count). The first-order valence-electron chi connectivity index (χ1n) is 15.9. The molecule has 0 unspecified atom stereocenters. The molecule has 0 bridgehead atoms. The van der Waals surface area contributed by atoms with Crippen LogP contribution in [0, 0.1) is 22.7 Å². The molecule has 2 aromatic heterocycles. The highest BCUT2D eigenvalue weighted by Gasteiger charge is 2.19. The first kappa shape index (κ1) is 27.4. The van der Waals surface area contributed by atoms with E-state index in [4.69, 9.17) is 0 Å². The van der Waals surface area contributed by atoms with Gasteiger partial charge in [-0.1, -0.05) is 115 Å². The molecule has 48 heavy (non-hydrogen) atoms. The van der Waals surface area contributed by atoms with Crippen LogP contribution in [0.4, 0.5) is 0 Å². The zero-order valence-electron chi connectivity index (χ0n) is 25.8. The van der Waals surface area contributed by atoms with Crippen LogP contribution in [-0.4, -0.2) is 9.13 Å². The molecule has 7 aromatic carbocycles. The number of nitriles is 2. The van der Waals surface area contributed by atoms with Crippen molar-refractivity contribution in [2.75, 3.05) is 0 Å². The van der Waals surface area contributed by atoms with Gasteiger partial charge in [0, 0.05) is 27.1 Å². The van der Waals surface area contributed by atoms with Crippen LogP contribution >= 0.6 is 0 Å². The van der Waals surface area contributed by atoms with Gasteiger partial charge in [-0.15, -0.1) is 0 Å². The quantitative estimate of drug-likeness (QED) is 0.199. The molecule has 0 aliphatic rings. The molecule has 0 aliphatic carbocycles. The van der Waals surface area contributed by atoms with Crippen LogP contribution in [0.2, 0.25) is 0 Å². The number of hydrogen-bond donors (Lipinski definition) is 0. The summed E-state index contributed by atoms with van der Waals surface area (Å²) in [5.74, 6) is 0. The van der Waals surface area contributed by atoms with Crippen LogP contribution in [0.25, 0.3) is 77.2 Å². The number of para-hydroxylation sites is 5. The van der Waals surface area contributed by atoms with Gasteiger partial charge < -0.3 is 9.13 Å². The number of hydrogen-bond acceptors (Lipinski definition) is 2. The van der Waals surface area contributed by atoms with Gasteiger partial charge in [-0.2, -0.15) is 10.5 Å². The standard InChI is InChI=1S/C44H26N4/c45-27-32-10-9-15-34(44(32)48-42-18-7-3-13-37(42)38-14-4-8-19-43(38)48)30-22-20-29(21-23-30)31-24-25-39(33(26-31)28-46)47-40-16-5-1-11-35(40)36-12-2-6-17-41(36)47/h1-26H. The van der Waals surface area contributed by atoms with Crippen molar-refractivity contribution in [1.82, 2.24) is 9.13 Å². The van der Waals surface area contributed by atoms with E-state index in [0.29, 0.717) is 11.1 Å². The molecule has 0 radical (unpaired) electrons. The predicted octanol–water partition coefficient (Wildman–Crippen LogP) is 11.0. The van der Waals surface area contributed by atoms with Crippen molar-refractivity contribution < 1.29 is 0 Å². The number of rotatable bonds is 4. The van der Waals surface area contributed by atoms with Crippen LogP contribution in [0.1, 0.15) is 11.1 Å². The van der Waals surface area contributed by atoms with Gasteiger partial charge in [0.1, 0.15) is 12.1 Å². The summed E-state index contributed by atoms with van der Waals surface area (Å²) in [7, 11) is 0. The Bertz CT molecular complexity index is 2690. The molecule has 0 aliphatic heterocycles. The van der Waals surface area contributed by atoms with Crippen LogP contribution in [0.15, 0.2) is 158 Å². The minimum atomic E-state index is 0.610. The maximum Gasteiger partial charge on any atom is 0.101 e. The molecule has 222 valence electrons. The van der Waals surface area contributed by atoms with E-state index in [2.05, 4.69) is 137 Å². The van der Waals surface area contributed by atoms with E-state index in [1.807, 2.05) is 42.5 Å². The van der Waals surface area contributed by atoms with Crippen molar-refractivity contribution in [3.63, 3.8) is 0 Å². The monoisotopic (exact) mass is 610 g/mol. The van der Waals surface area contributed by atoms with Crippen molar-refractivity contribution in [2.45, 2.75) is 0 Å². The Morgan fingerprint density at radius 1 is 0.375 bits per heavy atom. The van der Waals surface area contributed by atoms with Crippen molar-refractivity contribution in [1.29, 1.82) is 10.5 Å². The Morgan fingerprint density at radius 2 is 0.833 bits per heavy atom. The Morgan fingerprint density at radius 3 is 1.35 bits per heavy atom. The molecule has 0 fully saturated rings. The zero-order valence-corrected chi connectivity index (χ0v) is 25.8. The minimum absolute atomic E-state index is 0.610. The SMILES string of the molecule is N#Cc1cc(-c2ccc(-c3cccc(C#N)c3-n3c4ccccc4c4ccccc43)cc2)ccc1-n1c2ccccc2c2ccccc21. The Hall–Kier alpha value is -6.88. The second kappa shape index (κ2) is 10.9. The number of fused-ring (bicyclic) bond motifs is 6. The molecule has 0 atom stereocenters. The zero-order chi connectivity index (χ0) is 32.2. The lowest BCUT2D eigenvalue weighted by Crippen LogP contribution is -2.00. The smallest absolute Gasteiger partial charge is 0.101 e. The minimum Gasteiger partial charge on any atom is -0.308 e. The first-order chi connectivity index (χ1) is 23.7. The van der Waals surface area contributed by atoms with E-state index in [1.165, 1.54) is 0 Å². The third-order valence-corrected chi connectivity index (χ3v) is 9.43. The summed E-state index contributed by atoms with van der Waals surface area (Å²) in [6.07, 6.45) is 0. The fourth-order valence-electron chi connectivity index (χ4n) is 7.30. The lowest BCUT2D eigenvalue weighted by atomic mass is 9.96. The van der Waals surface area contributed by atoms with Gasteiger partial charge in [-0.25, -0.2) is 0 Å². The molecule has 0 spiro atoms. The molecule has 4 nitrogen and oxygen atoms in total. The Balaban J connectivity index is 1.16. The highest BCUT2D eigenvalue weighted by molar-refractivity contribution is 6.10. The predicted molar refractivity (Wildman–Crippen MR) is 195 cm³/mol. The molecule has 0 saturated heterocycles. The third-order valence-electron chi connectivity index (χ3n) is 9.43. The summed E-state index contributed by atoms with van der Waals surface area (Å²) < 4.78 is 4.41. The van der Waals surface area contributed by atoms with Gasteiger partial charge in [0.25, 0.3) is 0 Å². The second-order valence-corrected chi connectivity index (χ2v) is 12.0. The van der Waals surface area contributed by atoms with Gasteiger partial charge in [0.05, 0.1) is 44.6 Å². The fourth-order valence-corrected chi connectivity index (χ4v) is 7.30. The molecule has 2 heterocycles. The summed E-state index contributed by atoms with van der Waals surface area (Å²) in [4.78, 5) is 0. The summed E-state index contributed by atoms with van der Waals surface area (Å²) in [5.41, 5.74) is 11.2. The average molecular weight is 611 g/mol. The normalized spacial score (nSPS) is 11.3. The largest absolute Gasteiger partial charge is 0.308 e. The molecule has 9 aromatic rings. The lowest BCUT2D eigenvalue weighted by Gasteiger charge is -2.16. The van der Waals surface area contributed by atoms with Gasteiger partial charge in [-0.3, -0.25) is 0 Å². The van der Waals surface area contributed by atoms with Gasteiger partial charge >= 0.3 is 0 Å². The first-order valence-corrected chi connectivity index (χ1v) is 15.9. The van der Waals surface area contributed by atoms with Crippen LogP contribution in [0.3, 0.4) is 0 Å². The number of nitrogens with zero attached hydrogens (tertiary/aromatic N) is 4. The summed E-state index contributed by atoms with van der Waals surface area (Å²) >= 11 is 0. The van der Waals surface area contributed by atoms with Crippen LogP contribution in [0.5, 0.6) is 0 Å². The number of aromatic nitrogens is 2. The van der Waals surface area contributed by atoms with E-state index in [-0.39, 0.29) is 0 Å². The molecule has 0 N–H and O–H groups in total.